The van der Waals surface area contributed by atoms with Crippen LogP contribution in [0.25, 0.3) is 0 Å². The number of likely N-dealkylation sites (tertiary alicyclic amines) is 1. The molecule has 1 saturated heterocycles. The predicted molar refractivity (Wildman–Crippen MR) is 104 cm³/mol. The molecule has 1 aliphatic rings. The van der Waals surface area contributed by atoms with E-state index in [-0.39, 0.29) is 11.7 Å². The Bertz CT molecular complexity index is 786. The molecule has 0 unspecified atom stereocenters. The van der Waals surface area contributed by atoms with Gasteiger partial charge in [-0.2, -0.15) is 0 Å². The zero-order chi connectivity index (χ0) is 19.2. The second kappa shape index (κ2) is 9.00. The van der Waals surface area contributed by atoms with E-state index < -0.39 is 0 Å². The van der Waals surface area contributed by atoms with Crippen LogP contribution in [0.5, 0.6) is 5.75 Å². The van der Waals surface area contributed by atoms with Crippen LogP contribution in [0.15, 0.2) is 42.5 Å². The number of hydrogen-bond acceptors (Lipinski definition) is 3. The number of halogens is 1. The van der Waals surface area contributed by atoms with Gasteiger partial charge in [-0.05, 0) is 43.0 Å². The number of carbonyl (C=O) groups is 1. The fourth-order valence-corrected chi connectivity index (χ4v) is 3.54. The molecule has 0 aromatic heterocycles. The van der Waals surface area contributed by atoms with Gasteiger partial charge in [-0.25, -0.2) is 4.39 Å². The minimum Gasteiger partial charge on any atom is -0.496 e. The van der Waals surface area contributed by atoms with Crippen LogP contribution in [-0.2, 0) is 17.8 Å². The number of benzene rings is 2. The van der Waals surface area contributed by atoms with E-state index in [1.807, 2.05) is 41.3 Å². The number of rotatable bonds is 6. The number of hydrogen-bond donors (Lipinski definition) is 1. The minimum atomic E-state index is -0.166. The molecule has 2 aromatic rings. The fourth-order valence-electron chi connectivity index (χ4n) is 3.54. The number of methoxy groups -OCH3 is 1. The van der Waals surface area contributed by atoms with Gasteiger partial charge in [0, 0.05) is 31.2 Å². The molecule has 0 spiro atoms. The van der Waals surface area contributed by atoms with E-state index in [0.29, 0.717) is 18.0 Å². The SMILES string of the molecule is COc1ccccc1CC(=O)N1CCC(NCc2ccc(F)c(C)c2)CC1. The Hall–Kier alpha value is -2.40. The summed E-state index contributed by atoms with van der Waals surface area (Å²) in [5.74, 6) is 0.740. The lowest BCUT2D eigenvalue weighted by atomic mass is 10.0. The Morgan fingerprint density at radius 3 is 2.67 bits per heavy atom. The molecule has 4 nitrogen and oxygen atoms in total. The largest absolute Gasteiger partial charge is 0.496 e. The summed E-state index contributed by atoms with van der Waals surface area (Å²) in [4.78, 5) is 14.5. The van der Waals surface area contributed by atoms with Crippen molar-refractivity contribution in [3.05, 3.63) is 65.0 Å². The molecule has 1 heterocycles. The van der Waals surface area contributed by atoms with Gasteiger partial charge in [-0.1, -0.05) is 30.3 Å². The summed E-state index contributed by atoms with van der Waals surface area (Å²) < 4.78 is 18.7. The molecule has 0 bridgehead atoms. The summed E-state index contributed by atoms with van der Waals surface area (Å²) in [5.41, 5.74) is 2.69. The van der Waals surface area contributed by atoms with Gasteiger partial charge in [0.15, 0.2) is 0 Å². The monoisotopic (exact) mass is 370 g/mol. The predicted octanol–water partition coefficient (Wildman–Crippen LogP) is 3.47. The zero-order valence-corrected chi connectivity index (χ0v) is 16.0. The van der Waals surface area contributed by atoms with E-state index in [9.17, 15) is 9.18 Å². The normalized spacial score (nSPS) is 15.0. The van der Waals surface area contributed by atoms with Crippen LogP contribution in [0, 0.1) is 12.7 Å². The Morgan fingerprint density at radius 2 is 1.96 bits per heavy atom. The second-order valence-electron chi connectivity index (χ2n) is 7.11. The highest BCUT2D eigenvalue weighted by Gasteiger charge is 2.23. The summed E-state index contributed by atoms with van der Waals surface area (Å²) in [6.07, 6.45) is 2.23. The van der Waals surface area contributed by atoms with Gasteiger partial charge < -0.3 is 15.0 Å². The summed E-state index contributed by atoms with van der Waals surface area (Å²) in [7, 11) is 1.63. The molecule has 0 atom stereocenters. The molecule has 1 amide bonds. The third-order valence-corrected chi connectivity index (χ3v) is 5.20. The van der Waals surface area contributed by atoms with Gasteiger partial charge in [0.2, 0.25) is 5.91 Å². The molecule has 144 valence electrons. The molecule has 27 heavy (non-hydrogen) atoms. The van der Waals surface area contributed by atoms with Gasteiger partial charge in [-0.15, -0.1) is 0 Å². The average Bonchev–Trinajstić information content (AvgIpc) is 2.69. The van der Waals surface area contributed by atoms with E-state index in [0.717, 1.165) is 49.4 Å². The lowest BCUT2D eigenvalue weighted by molar-refractivity contribution is -0.131. The fraction of sp³-hybridized carbons (Fsp3) is 0.409. The molecule has 2 aromatic carbocycles. The summed E-state index contributed by atoms with van der Waals surface area (Å²) in [6, 6.07) is 13.3. The summed E-state index contributed by atoms with van der Waals surface area (Å²) >= 11 is 0. The molecule has 1 aliphatic heterocycles. The van der Waals surface area contributed by atoms with Crippen molar-refractivity contribution in [2.24, 2.45) is 0 Å². The van der Waals surface area contributed by atoms with Crippen molar-refractivity contribution in [3.63, 3.8) is 0 Å². The van der Waals surface area contributed by atoms with E-state index in [4.69, 9.17) is 4.74 Å². The maximum Gasteiger partial charge on any atom is 0.227 e. The van der Waals surface area contributed by atoms with Gasteiger partial charge >= 0.3 is 0 Å². The van der Waals surface area contributed by atoms with Gasteiger partial charge in [0.25, 0.3) is 0 Å². The standard InChI is InChI=1S/C22H27FN2O2/c1-16-13-17(7-8-20(16)23)15-24-19-9-11-25(12-10-19)22(26)14-18-5-3-4-6-21(18)27-2/h3-8,13,19,24H,9-12,14-15H2,1-2H3. The molecule has 1 N–H and O–H groups in total. The smallest absolute Gasteiger partial charge is 0.227 e. The molecular formula is C22H27FN2O2. The first kappa shape index (κ1) is 19.4. The topological polar surface area (TPSA) is 41.6 Å². The van der Waals surface area contributed by atoms with Crippen molar-refractivity contribution in [2.45, 2.75) is 38.8 Å². The van der Waals surface area contributed by atoms with Crippen LogP contribution in [0.2, 0.25) is 0 Å². The number of carbonyl (C=O) groups excluding carboxylic acids is 1. The number of aryl methyl sites for hydroxylation is 1. The number of piperidine rings is 1. The van der Waals surface area contributed by atoms with E-state index >= 15 is 0 Å². The van der Waals surface area contributed by atoms with E-state index in [2.05, 4.69) is 5.32 Å². The minimum absolute atomic E-state index is 0.145. The van der Waals surface area contributed by atoms with Crippen molar-refractivity contribution < 1.29 is 13.9 Å². The maximum atomic E-state index is 13.4. The number of para-hydroxylation sites is 1. The summed E-state index contributed by atoms with van der Waals surface area (Å²) in [6.45, 7) is 4.02. The lowest BCUT2D eigenvalue weighted by Crippen LogP contribution is -2.45. The number of ether oxygens (including phenoxy) is 1. The van der Waals surface area contributed by atoms with Crippen LogP contribution < -0.4 is 10.1 Å². The number of nitrogens with zero attached hydrogens (tertiary/aromatic N) is 1. The first-order valence-electron chi connectivity index (χ1n) is 9.45. The molecule has 1 fully saturated rings. The third kappa shape index (κ3) is 5.07. The zero-order valence-electron chi connectivity index (χ0n) is 16.0. The highest BCUT2D eigenvalue weighted by molar-refractivity contribution is 5.79. The van der Waals surface area contributed by atoms with Crippen molar-refractivity contribution in [1.82, 2.24) is 10.2 Å². The first-order chi connectivity index (χ1) is 13.1. The van der Waals surface area contributed by atoms with Gasteiger partial charge in [0.05, 0.1) is 13.5 Å². The maximum absolute atomic E-state index is 13.4. The second-order valence-corrected chi connectivity index (χ2v) is 7.11. The average molecular weight is 370 g/mol. The molecular weight excluding hydrogens is 343 g/mol. The van der Waals surface area contributed by atoms with Crippen molar-refractivity contribution in [2.75, 3.05) is 20.2 Å². The highest BCUT2D eigenvalue weighted by atomic mass is 19.1. The number of nitrogens with one attached hydrogen (secondary N) is 1. The molecule has 0 radical (unpaired) electrons. The number of amides is 1. The Morgan fingerprint density at radius 1 is 1.22 bits per heavy atom. The van der Waals surface area contributed by atoms with Gasteiger partial charge in [-0.3, -0.25) is 4.79 Å². The van der Waals surface area contributed by atoms with Crippen molar-refractivity contribution >= 4 is 5.91 Å². The molecule has 0 saturated carbocycles. The Balaban J connectivity index is 1.46. The van der Waals surface area contributed by atoms with Crippen LogP contribution in [0.3, 0.4) is 0 Å². The molecule has 0 aliphatic carbocycles. The van der Waals surface area contributed by atoms with E-state index in [1.54, 1.807) is 14.0 Å². The first-order valence-corrected chi connectivity index (χ1v) is 9.45. The van der Waals surface area contributed by atoms with E-state index in [1.165, 1.54) is 6.07 Å². The Labute approximate surface area is 160 Å². The van der Waals surface area contributed by atoms with Crippen LogP contribution in [0.4, 0.5) is 4.39 Å². The van der Waals surface area contributed by atoms with Crippen LogP contribution in [-0.4, -0.2) is 37.0 Å². The quantitative estimate of drug-likeness (QED) is 0.847. The molecule has 3 rings (SSSR count). The van der Waals surface area contributed by atoms with Crippen LogP contribution in [0.1, 0.15) is 29.5 Å². The summed E-state index contributed by atoms with van der Waals surface area (Å²) in [5, 5.41) is 3.53. The molecule has 5 heteroatoms. The van der Waals surface area contributed by atoms with Crippen molar-refractivity contribution in [1.29, 1.82) is 0 Å². The highest BCUT2D eigenvalue weighted by Crippen LogP contribution is 2.20. The lowest BCUT2D eigenvalue weighted by Gasteiger charge is -2.32. The van der Waals surface area contributed by atoms with Crippen LogP contribution >= 0.6 is 0 Å². The van der Waals surface area contributed by atoms with Gasteiger partial charge in [0.1, 0.15) is 11.6 Å². The third-order valence-electron chi connectivity index (χ3n) is 5.20. The Kier molecular flexibility index (Phi) is 6.45. The van der Waals surface area contributed by atoms with Crippen molar-refractivity contribution in [3.8, 4) is 5.75 Å².